The summed E-state index contributed by atoms with van der Waals surface area (Å²) in [6.45, 7) is 4.52. The van der Waals surface area contributed by atoms with Gasteiger partial charge in [-0.2, -0.15) is 0 Å². The van der Waals surface area contributed by atoms with Crippen molar-refractivity contribution in [1.29, 1.82) is 0 Å². The third-order valence-corrected chi connectivity index (χ3v) is 4.47. The molecular weight excluding hydrogens is 294 g/mol. The van der Waals surface area contributed by atoms with Crippen molar-refractivity contribution in [3.8, 4) is 0 Å². The van der Waals surface area contributed by atoms with Crippen LogP contribution in [0.5, 0.6) is 0 Å². The van der Waals surface area contributed by atoms with Crippen LogP contribution in [0.1, 0.15) is 24.2 Å². The third-order valence-electron chi connectivity index (χ3n) is 4.47. The highest BCUT2D eigenvalue weighted by molar-refractivity contribution is 5.75. The molecule has 1 aromatic heterocycles. The van der Waals surface area contributed by atoms with Gasteiger partial charge in [0.2, 0.25) is 0 Å². The molecule has 126 valence electrons. The zero-order chi connectivity index (χ0) is 16.4. The van der Waals surface area contributed by atoms with Gasteiger partial charge in [-0.25, -0.2) is 4.79 Å². The SMILES string of the molecule is Cc1cccc(CO[C@@H]2CCOC3(C2)CN(C(=O)N(C)C)C3)n1. The number of aryl methyl sites for hydroxylation is 1. The lowest BCUT2D eigenvalue weighted by atomic mass is 9.85. The molecule has 0 unspecified atom stereocenters. The second-order valence-electron chi connectivity index (χ2n) is 6.76. The van der Waals surface area contributed by atoms with Crippen LogP contribution in [-0.2, 0) is 16.1 Å². The van der Waals surface area contributed by atoms with Crippen LogP contribution in [0.4, 0.5) is 4.79 Å². The Hall–Kier alpha value is -1.66. The molecule has 6 heteroatoms. The Balaban J connectivity index is 1.51. The number of likely N-dealkylation sites (tertiary alicyclic amines) is 1. The summed E-state index contributed by atoms with van der Waals surface area (Å²) >= 11 is 0. The number of carbonyl (C=O) groups is 1. The van der Waals surface area contributed by atoms with Gasteiger partial charge >= 0.3 is 6.03 Å². The lowest BCUT2D eigenvalue weighted by Crippen LogP contribution is -2.68. The first-order chi connectivity index (χ1) is 11.0. The van der Waals surface area contributed by atoms with Crippen LogP contribution in [0.25, 0.3) is 0 Å². The minimum absolute atomic E-state index is 0.0474. The van der Waals surface area contributed by atoms with Crippen molar-refractivity contribution in [2.24, 2.45) is 0 Å². The molecule has 3 heterocycles. The van der Waals surface area contributed by atoms with Crippen LogP contribution in [0, 0.1) is 6.92 Å². The van der Waals surface area contributed by atoms with Crippen molar-refractivity contribution in [2.45, 2.75) is 38.1 Å². The van der Waals surface area contributed by atoms with Gasteiger partial charge in [-0.3, -0.25) is 4.98 Å². The number of hydrogen-bond donors (Lipinski definition) is 0. The molecule has 0 radical (unpaired) electrons. The van der Waals surface area contributed by atoms with Crippen molar-refractivity contribution in [3.05, 3.63) is 29.6 Å². The van der Waals surface area contributed by atoms with Crippen LogP contribution >= 0.6 is 0 Å². The number of carbonyl (C=O) groups excluding carboxylic acids is 1. The summed E-state index contributed by atoms with van der Waals surface area (Å²) in [5.74, 6) is 0. The molecule has 2 saturated heterocycles. The largest absolute Gasteiger partial charge is 0.372 e. The van der Waals surface area contributed by atoms with E-state index in [4.69, 9.17) is 9.47 Å². The van der Waals surface area contributed by atoms with Crippen LogP contribution in [-0.4, -0.2) is 66.3 Å². The molecular formula is C17H25N3O3. The molecule has 2 aliphatic rings. The number of pyridine rings is 1. The zero-order valence-electron chi connectivity index (χ0n) is 14.1. The van der Waals surface area contributed by atoms with Gasteiger partial charge in [-0.15, -0.1) is 0 Å². The highest BCUT2D eigenvalue weighted by Gasteiger charge is 2.49. The summed E-state index contributed by atoms with van der Waals surface area (Å²) < 4.78 is 12.0. The molecule has 2 fully saturated rings. The fourth-order valence-corrected chi connectivity index (χ4v) is 3.30. The van der Waals surface area contributed by atoms with Crippen molar-refractivity contribution >= 4 is 6.03 Å². The van der Waals surface area contributed by atoms with Gasteiger partial charge in [-0.1, -0.05) is 6.07 Å². The van der Waals surface area contributed by atoms with Crippen LogP contribution in [0.15, 0.2) is 18.2 Å². The molecule has 0 bridgehead atoms. The number of urea groups is 1. The maximum Gasteiger partial charge on any atom is 0.319 e. The zero-order valence-corrected chi connectivity index (χ0v) is 14.1. The van der Waals surface area contributed by atoms with E-state index in [0.717, 1.165) is 24.2 Å². The molecule has 0 aromatic carbocycles. The standard InChI is InChI=1S/C17H25N3O3/c1-13-5-4-6-14(18-13)10-22-15-7-8-23-17(9-15)11-20(12-17)16(21)19(2)3/h4-6,15H,7-12H2,1-3H3/t15-/m1/s1. The quantitative estimate of drug-likeness (QED) is 0.853. The number of aromatic nitrogens is 1. The summed E-state index contributed by atoms with van der Waals surface area (Å²) in [5, 5.41) is 0. The van der Waals surface area contributed by atoms with E-state index in [-0.39, 0.29) is 17.7 Å². The molecule has 0 N–H and O–H groups in total. The summed E-state index contributed by atoms with van der Waals surface area (Å²) in [5.41, 5.74) is 1.75. The van der Waals surface area contributed by atoms with E-state index in [1.165, 1.54) is 0 Å². The smallest absolute Gasteiger partial charge is 0.319 e. The van der Waals surface area contributed by atoms with E-state index in [1.807, 2.05) is 30.0 Å². The molecule has 2 aliphatic heterocycles. The molecule has 3 rings (SSSR count). The van der Waals surface area contributed by atoms with Gasteiger partial charge in [0.05, 0.1) is 31.5 Å². The number of hydrogen-bond acceptors (Lipinski definition) is 4. The highest BCUT2D eigenvalue weighted by Crippen LogP contribution is 2.35. The molecule has 1 spiro atoms. The number of rotatable bonds is 3. The second kappa shape index (κ2) is 6.45. The number of nitrogens with zero attached hydrogens (tertiary/aromatic N) is 3. The Morgan fingerprint density at radius 1 is 1.48 bits per heavy atom. The molecule has 1 aromatic rings. The van der Waals surface area contributed by atoms with E-state index in [0.29, 0.717) is 26.3 Å². The fraction of sp³-hybridized carbons (Fsp3) is 0.647. The Morgan fingerprint density at radius 2 is 2.26 bits per heavy atom. The van der Waals surface area contributed by atoms with Crippen LogP contribution in [0.3, 0.4) is 0 Å². The summed E-state index contributed by atoms with van der Waals surface area (Å²) in [6.07, 6.45) is 1.91. The van der Waals surface area contributed by atoms with Gasteiger partial charge in [-0.05, 0) is 25.5 Å². The highest BCUT2D eigenvalue weighted by atomic mass is 16.5. The monoisotopic (exact) mass is 319 g/mol. The second-order valence-corrected chi connectivity index (χ2v) is 6.76. The minimum Gasteiger partial charge on any atom is -0.372 e. The normalized spacial score (nSPS) is 22.7. The Kier molecular flexibility index (Phi) is 4.55. The van der Waals surface area contributed by atoms with Crippen LogP contribution < -0.4 is 0 Å². The predicted molar refractivity (Wildman–Crippen MR) is 86.1 cm³/mol. The summed E-state index contributed by atoms with van der Waals surface area (Å²) in [4.78, 5) is 19.8. The maximum atomic E-state index is 11.9. The number of amides is 2. The topological polar surface area (TPSA) is 54.9 Å². The van der Waals surface area contributed by atoms with Gasteiger partial charge in [0.1, 0.15) is 5.60 Å². The van der Waals surface area contributed by atoms with Crippen molar-refractivity contribution < 1.29 is 14.3 Å². The first-order valence-electron chi connectivity index (χ1n) is 8.12. The molecule has 1 atom stereocenters. The third kappa shape index (κ3) is 3.64. The fourth-order valence-electron chi connectivity index (χ4n) is 3.30. The van der Waals surface area contributed by atoms with E-state index < -0.39 is 0 Å². The molecule has 23 heavy (non-hydrogen) atoms. The lowest BCUT2D eigenvalue weighted by molar-refractivity contribution is -0.188. The van der Waals surface area contributed by atoms with Gasteiger partial charge in [0.25, 0.3) is 0 Å². The van der Waals surface area contributed by atoms with Crippen LogP contribution in [0.2, 0.25) is 0 Å². The molecule has 0 aliphatic carbocycles. The Bertz CT molecular complexity index is 570. The minimum atomic E-state index is -0.214. The first kappa shape index (κ1) is 16.2. The molecule has 0 saturated carbocycles. The molecule has 6 nitrogen and oxygen atoms in total. The first-order valence-corrected chi connectivity index (χ1v) is 8.12. The summed E-state index contributed by atoms with van der Waals surface area (Å²) in [6, 6.07) is 6.02. The maximum absolute atomic E-state index is 11.9. The van der Waals surface area contributed by atoms with E-state index >= 15 is 0 Å². The number of ether oxygens (including phenoxy) is 2. The van der Waals surface area contributed by atoms with Crippen molar-refractivity contribution in [3.63, 3.8) is 0 Å². The lowest BCUT2D eigenvalue weighted by Gasteiger charge is -2.53. The Morgan fingerprint density at radius 3 is 2.96 bits per heavy atom. The van der Waals surface area contributed by atoms with Gasteiger partial charge in [0.15, 0.2) is 0 Å². The average Bonchev–Trinajstić information content (AvgIpc) is 2.50. The van der Waals surface area contributed by atoms with Gasteiger partial charge in [0, 0.05) is 32.8 Å². The molecule has 2 amide bonds. The van der Waals surface area contributed by atoms with E-state index in [1.54, 1.807) is 19.0 Å². The van der Waals surface area contributed by atoms with Crippen molar-refractivity contribution in [1.82, 2.24) is 14.8 Å². The van der Waals surface area contributed by atoms with Crippen molar-refractivity contribution in [2.75, 3.05) is 33.8 Å². The predicted octanol–water partition coefficient (Wildman–Crippen LogP) is 1.82. The Labute approximate surface area is 137 Å². The van der Waals surface area contributed by atoms with E-state index in [2.05, 4.69) is 4.98 Å². The average molecular weight is 319 g/mol. The van der Waals surface area contributed by atoms with E-state index in [9.17, 15) is 4.79 Å². The van der Waals surface area contributed by atoms with Gasteiger partial charge < -0.3 is 19.3 Å². The summed E-state index contributed by atoms with van der Waals surface area (Å²) in [7, 11) is 3.55.